The molecule has 2 amide bonds. The zero-order valence-corrected chi connectivity index (χ0v) is 16.1. The lowest BCUT2D eigenvalue weighted by atomic mass is 10.1. The van der Waals surface area contributed by atoms with Crippen molar-refractivity contribution in [3.05, 3.63) is 75.8 Å². The van der Waals surface area contributed by atoms with Crippen molar-refractivity contribution in [3.63, 3.8) is 0 Å². The van der Waals surface area contributed by atoms with E-state index in [2.05, 4.69) is 10.6 Å². The number of nitrogens with one attached hydrogen (secondary N) is 2. The number of carbonyl (C=O) groups is 2. The lowest BCUT2D eigenvalue weighted by Gasteiger charge is -2.14. The second-order valence-corrected chi connectivity index (χ2v) is 7.28. The largest absolute Gasteiger partial charge is 0.487 e. The van der Waals surface area contributed by atoms with Crippen LogP contribution in [0, 0.1) is 0 Å². The lowest BCUT2D eigenvalue weighted by Crippen LogP contribution is -2.25. The molecule has 0 unspecified atom stereocenters. The van der Waals surface area contributed by atoms with Gasteiger partial charge in [-0.3, -0.25) is 9.59 Å². The molecule has 2 N–H and O–H groups in total. The van der Waals surface area contributed by atoms with E-state index in [1.54, 1.807) is 41.4 Å². The summed E-state index contributed by atoms with van der Waals surface area (Å²) >= 11 is 7.41. The van der Waals surface area contributed by atoms with E-state index in [4.69, 9.17) is 16.3 Å². The second kappa shape index (κ2) is 9.48. The van der Waals surface area contributed by atoms with Gasteiger partial charge >= 0.3 is 0 Å². The Morgan fingerprint density at radius 3 is 2.44 bits per heavy atom. The molecule has 1 aliphatic heterocycles. The molecule has 0 atom stereocenters. The molecule has 0 saturated heterocycles. The maximum Gasteiger partial charge on any atom is 0.291 e. The van der Waals surface area contributed by atoms with Gasteiger partial charge in [-0.1, -0.05) is 23.7 Å². The van der Waals surface area contributed by atoms with Crippen LogP contribution >= 0.6 is 23.4 Å². The van der Waals surface area contributed by atoms with Gasteiger partial charge in [0.15, 0.2) is 5.76 Å². The molecule has 27 heavy (non-hydrogen) atoms. The molecule has 0 fully saturated rings. The van der Waals surface area contributed by atoms with E-state index in [9.17, 15) is 9.59 Å². The van der Waals surface area contributed by atoms with Crippen LogP contribution in [0.5, 0.6) is 0 Å². The van der Waals surface area contributed by atoms with Crippen LogP contribution in [0.3, 0.4) is 0 Å². The molecule has 0 aromatic heterocycles. The summed E-state index contributed by atoms with van der Waals surface area (Å²) in [6.07, 6.45) is 0.726. The minimum Gasteiger partial charge on any atom is -0.487 e. The number of rotatable bonds is 6. The number of hydrogen-bond donors (Lipinski definition) is 2. The Hall–Kier alpha value is -2.44. The SMILES string of the molecule is O=C(Nc1ccc(C(=O)NCCc2ccc(Cl)cc2)cc1)C1=CSCCO1. The number of carbonyl (C=O) groups excluding carboxylic acids is 2. The van der Waals surface area contributed by atoms with Gasteiger partial charge in [0.1, 0.15) is 0 Å². The van der Waals surface area contributed by atoms with Gasteiger partial charge in [-0.25, -0.2) is 0 Å². The molecule has 0 saturated carbocycles. The fraction of sp³-hybridized carbons (Fsp3) is 0.200. The number of ether oxygens (including phenoxy) is 1. The summed E-state index contributed by atoms with van der Waals surface area (Å²) in [6.45, 7) is 1.06. The van der Waals surface area contributed by atoms with Crippen molar-refractivity contribution in [2.45, 2.75) is 6.42 Å². The fourth-order valence-electron chi connectivity index (χ4n) is 2.46. The van der Waals surface area contributed by atoms with Crippen LogP contribution in [0.1, 0.15) is 15.9 Å². The normalized spacial score (nSPS) is 13.3. The highest BCUT2D eigenvalue weighted by atomic mass is 35.5. The van der Waals surface area contributed by atoms with E-state index in [1.807, 2.05) is 24.3 Å². The quantitative estimate of drug-likeness (QED) is 0.770. The van der Waals surface area contributed by atoms with Gasteiger partial charge in [-0.2, -0.15) is 0 Å². The van der Waals surface area contributed by atoms with Crippen LogP contribution in [-0.4, -0.2) is 30.7 Å². The predicted molar refractivity (Wildman–Crippen MR) is 109 cm³/mol. The van der Waals surface area contributed by atoms with Crippen LogP contribution in [0.15, 0.2) is 59.7 Å². The molecule has 1 aliphatic rings. The Morgan fingerprint density at radius 1 is 1.04 bits per heavy atom. The summed E-state index contributed by atoms with van der Waals surface area (Å²) in [6, 6.07) is 14.3. The van der Waals surface area contributed by atoms with Crippen molar-refractivity contribution in [1.82, 2.24) is 5.32 Å². The van der Waals surface area contributed by atoms with Crippen LogP contribution in [0.25, 0.3) is 0 Å². The van der Waals surface area contributed by atoms with Crippen molar-refractivity contribution in [2.24, 2.45) is 0 Å². The summed E-state index contributed by atoms with van der Waals surface area (Å²) in [5, 5.41) is 8.05. The Bertz CT molecular complexity index is 835. The summed E-state index contributed by atoms with van der Waals surface area (Å²) < 4.78 is 5.32. The van der Waals surface area contributed by atoms with E-state index in [0.29, 0.717) is 35.2 Å². The molecule has 7 heteroatoms. The molecule has 2 aromatic rings. The molecule has 2 aromatic carbocycles. The van der Waals surface area contributed by atoms with Crippen LogP contribution < -0.4 is 10.6 Å². The first-order valence-electron chi connectivity index (χ1n) is 8.50. The molecule has 140 valence electrons. The maximum absolute atomic E-state index is 12.2. The highest BCUT2D eigenvalue weighted by Crippen LogP contribution is 2.17. The molecule has 0 radical (unpaired) electrons. The van der Waals surface area contributed by atoms with Gasteiger partial charge in [0, 0.05) is 34.0 Å². The number of thioether (sulfide) groups is 1. The molecule has 3 rings (SSSR count). The third-order valence-corrected chi connectivity index (χ3v) is 4.93. The topological polar surface area (TPSA) is 67.4 Å². The van der Waals surface area contributed by atoms with Crippen molar-refractivity contribution in [1.29, 1.82) is 0 Å². The molecule has 1 heterocycles. The smallest absolute Gasteiger partial charge is 0.291 e. The maximum atomic E-state index is 12.2. The van der Waals surface area contributed by atoms with Gasteiger partial charge in [0.05, 0.1) is 6.61 Å². The van der Waals surface area contributed by atoms with Crippen LogP contribution in [0.2, 0.25) is 5.02 Å². The third kappa shape index (κ3) is 5.77. The van der Waals surface area contributed by atoms with E-state index in [-0.39, 0.29) is 11.8 Å². The molecule has 5 nitrogen and oxygen atoms in total. The predicted octanol–water partition coefficient (Wildman–Crippen LogP) is 3.86. The first kappa shape index (κ1) is 19.3. The Morgan fingerprint density at radius 2 is 1.78 bits per heavy atom. The fourth-order valence-corrected chi connectivity index (χ4v) is 3.21. The van der Waals surface area contributed by atoms with Crippen molar-refractivity contribution >= 4 is 40.9 Å². The summed E-state index contributed by atoms with van der Waals surface area (Å²) in [5.41, 5.74) is 2.25. The highest BCUT2D eigenvalue weighted by Gasteiger charge is 2.14. The van der Waals surface area contributed by atoms with Gasteiger partial charge in [-0.15, -0.1) is 11.8 Å². The lowest BCUT2D eigenvalue weighted by molar-refractivity contribution is -0.116. The Labute approximate surface area is 167 Å². The van der Waals surface area contributed by atoms with Gasteiger partial charge in [-0.05, 0) is 48.4 Å². The summed E-state index contributed by atoms with van der Waals surface area (Å²) in [4.78, 5) is 24.3. The monoisotopic (exact) mass is 402 g/mol. The number of benzene rings is 2. The zero-order chi connectivity index (χ0) is 19.1. The van der Waals surface area contributed by atoms with Crippen LogP contribution in [0.4, 0.5) is 5.69 Å². The molecular formula is C20H19ClN2O3S. The van der Waals surface area contributed by atoms with E-state index < -0.39 is 0 Å². The van der Waals surface area contributed by atoms with Crippen molar-refractivity contribution in [3.8, 4) is 0 Å². The minimum atomic E-state index is -0.289. The van der Waals surface area contributed by atoms with E-state index >= 15 is 0 Å². The van der Waals surface area contributed by atoms with Gasteiger partial charge in [0.25, 0.3) is 11.8 Å². The first-order valence-corrected chi connectivity index (χ1v) is 9.93. The summed E-state index contributed by atoms with van der Waals surface area (Å²) in [5.74, 6) is 0.715. The standard InChI is InChI=1S/C20H19ClN2O3S/c21-16-5-1-14(2-6-16)9-10-22-19(24)15-3-7-17(8-4-15)23-20(25)18-13-27-12-11-26-18/h1-8,13H,9-12H2,(H,22,24)(H,23,25). The van der Waals surface area contributed by atoms with Crippen LogP contribution in [-0.2, 0) is 16.0 Å². The highest BCUT2D eigenvalue weighted by molar-refractivity contribution is 8.02. The van der Waals surface area contributed by atoms with Crippen molar-refractivity contribution in [2.75, 3.05) is 24.2 Å². The average molecular weight is 403 g/mol. The average Bonchev–Trinajstić information content (AvgIpc) is 2.70. The number of amides is 2. The number of halogens is 1. The first-order chi connectivity index (χ1) is 13.1. The second-order valence-electron chi connectivity index (χ2n) is 5.87. The van der Waals surface area contributed by atoms with E-state index in [0.717, 1.165) is 17.7 Å². The van der Waals surface area contributed by atoms with Gasteiger partial charge < -0.3 is 15.4 Å². The number of hydrogen-bond acceptors (Lipinski definition) is 4. The Balaban J connectivity index is 1.48. The molecular weight excluding hydrogens is 384 g/mol. The zero-order valence-electron chi connectivity index (χ0n) is 14.5. The molecule has 0 aliphatic carbocycles. The minimum absolute atomic E-state index is 0.156. The van der Waals surface area contributed by atoms with Crippen molar-refractivity contribution < 1.29 is 14.3 Å². The number of anilines is 1. The van der Waals surface area contributed by atoms with Gasteiger partial charge in [0.2, 0.25) is 0 Å². The van der Waals surface area contributed by atoms with E-state index in [1.165, 1.54) is 0 Å². The summed E-state index contributed by atoms with van der Waals surface area (Å²) in [7, 11) is 0. The molecule has 0 spiro atoms. The molecule has 0 bridgehead atoms. The Kier molecular flexibility index (Phi) is 6.79. The third-order valence-electron chi connectivity index (χ3n) is 3.89.